The summed E-state index contributed by atoms with van der Waals surface area (Å²) >= 11 is 8.78. The first-order valence-electron chi connectivity index (χ1n) is 5.57. The van der Waals surface area contributed by atoms with E-state index in [0.717, 1.165) is 0 Å². The third kappa shape index (κ3) is 3.49. The molecule has 0 spiro atoms. The Morgan fingerprint density at radius 2 is 2.05 bits per heavy atom. The van der Waals surface area contributed by atoms with Gasteiger partial charge < -0.3 is 9.84 Å². The molecule has 2 rings (SSSR count). The number of hydrogen-bond donors (Lipinski definition) is 1. The average Bonchev–Trinajstić information content (AvgIpc) is 2.41. The van der Waals surface area contributed by atoms with Gasteiger partial charge in [-0.25, -0.2) is 9.18 Å². The zero-order chi connectivity index (χ0) is 14.7. The number of halogens is 3. The highest BCUT2D eigenvalue weighted by atomic mass is 79.9. The Labute approximate surface area is 128 Å². The van der Waals surface area contributed by atoms with Crippen molar-refractivity contribution in [3.8, 4) is 5.75 Å². The van der Waals surface area contributed by atoms with Crippen molar-refractivity contribution in [3.63, 3.8) is 0 Å². The van der Waals surface area contributed by atoms with E-state index in [9.17, 15) is 9.18 Å². The van der Waals surface area contributed by atoms with Gasteiger partial charge in [-0.15, -0.1) is 0 Å². The van der Waals surface area contributed by atoms with Crippen LogP contribution in [0, 0.1) is 5.82 Å². The zero-order valence-electron chi connectivity index (χ0n) is 10.1. The lowest BCUT2D eigenvalue weighted by Crippen LogP contribution is -2.03. The predicted octanol–water partition coefficient (Wildman–Crippen LogP) is 4.52. The van der Waals surface area contributed by atoms with Crippen molar-refractivity contribution >= 4 is 33.5 Å². The van der Waals surface area contributed by atoms with Crippen LogP contribution in [-0.2, 0) is 6.61 Å². The summed E-state index contributed by atoms with van der Waals surface area (Å²) < 4.78 is 19.3. The van der Waals surface area contributed by atoms with Crippen molar-refractivity contribution in [2.75, 3.05) is 0 Å². The van der Waals surface area contributed by atoms with Crippen molar-refractivity contribution in [2.24, 2.45) is 0 Å². The third-order valence-corrected chi connectivity index (χ3v) is 3.35. The number of benzene rings is 2. The fourth-order valence-electron chi connectivity index (χ4n) is 1.59. The second kappa shape index (κ2) is 6.24. The largest absolute Gasteiger partial charge is 0.488 e. The Hall–Kier alpha value is -1.59. The van der Waals surface area contributed by atoms with Gasteiger partial charge in [-0.1, -0.05) is 33.6 Å². The maximum Gasteiger partial charge on any atom is 0.339 e. The van der Waals surface area contributed by atoms with Gasteiger partial charge in [0, 0.05) is 4.47 Å². The Morgan fingerprint density at radius 1 is 1.30 bits per heavy atom. The third-order valence-electron chi connectivity index (χ3n) is 2.55. The van der Waals surface area contributed by atoms with E-state index in [0.29, 0.717) is 10.0 Å². The summed E-state index contributed by atoms with van der Waals surface area (Å²) in [4.78, 5) is 11.1. The lowest BCUT2D eigenvalue weighted by Gasteiger charge is -2.10. The fourth-order valence-corrected chi connectivity index (χ4v) is 2.06. The van der Waals surface area contributed by atoms with E-state index >= 15 is 0 Å². The van der Waals surface area contributed by atoms with Crippen LogP contribution >= 0.6 is 27.5 Å². The fraction of sp³-hybridized carbons (Fsp3) is 0.0714. The van der Waals surface area contributed by atoms with E-state index in [4.69, 9.17) is 21.4 Å². The normalized spacial score (nSPS) is 10.3. The smallest absolute Gasteiger partial charge is 0.339 e. The molecule has 2 aromatic rings. The van der Waals surface area contributed by atoms with Gasteiger partial charge in [0.2, 0.25) is 0 Å². The maximum atomic E-state index is 13.3. The summed E-state index contributed by atoms with van der Waals surface area (Å²) in [6.45, 7) is 0.0516. The van der Waals surface area contributed by atoms with Crippen LogP contribution in [0.25, 0.3) is 0 Å². The van der Waals surface area contributed by atoms with Crippen LogP contribution in [0.2, 0.25) is 5.02 Å². The zero-order valence-corrected chi connectivity index (χ0v) is 12.4. The minimum Gasteiger partial charge on any atom is -0.488 e. The molecule has 0 unspecified atom stereocenters. The lowest BCUT2D eigenvalue weighted by atomic mass is 10.2. The van der Waals surface area contributed by atoms with Gasteiger partial charge in [0.1, 0.15) is 23.7 Å². The maximum absolute atomic E-state index is 13.3. The SMILES string of the molecule is O=C(O)c1cc(Br)ccc1OCc1ccc(Cl)c(F)c1. The van der Waals surface area contributed by atoms with Crippen molar-refractivity contribution in [1.82, 2.24) is 0 Å². The summed E-state index contributed by atoms with van der Waals surface area (Å²) in [5.41, 5.74) is 0.597. The van der Waals surface area contributed by atoms with Gasteiger partial charge in [0.05, 0.1) is 5.02 Å². The molecule has 2 aromatic carbocycles. The standard InChI is InChI=1S/C14H9BrClFO3/c15-9-2-4-13(10(6-9)14(18)19)20-7-8-1-3-11(16)12(17)5-8/h1-6H,7H2,(H,18,19). The molecule has 0 radical (unpaired) electrons. The lowest BCUT2D eigenvalue weighted by molar-refractivity contribution is 0.0691. The minimum absolute atomic E-state index is 0.0311. The summed E-state index contributed by atoms with van der Waals surface area (Å²) in [7, 11) is 0. The Balaban J connectivity index is 2.18. The molecule has 104 valence electrons. The van der Waals surface area contributed by atoms with Crippen LogP contribution in [0.3, 0.4) is 0 Å². The molecule has 0 aromatic heterocycles. The summed E-state index contributed by atoms with van der Waals surface area (Å²) in [5.74, 6) is -1.42. The molecule has 20 heavy (non-hydrogen) atoms. The molecule has 3 nitrogen and oxygen atoms in total. The van der Waals surface area contributed by atoms with Crippen LogP contribution in [0.5, 0.6) is 5.75 Å². The van der Waals surface area contributed by atoms with E-state index < -0.39 is 11.8 Å². The van der Waals surface area contributed by atoms with Crippen LogP contribution < -0.4 is 4.74 Å². The van der Waals surface area contributed by atoms with E-state index in [2.05, 4.69) is 15.9 Å². The summed E-state index contributed by atoms with van der Waals surface area (Å²) in [6.07, 6.45) is 0. The first-order chi connectivity index (χ1) is 9.47. The molecule has 0 aliphatic rings. The number of carbonyl (C=O) groups is 1. The number of carboxylic acids is 1. The number of rotatable bonds is 4. The predicted molar refractivity (Wildman–Crippen MR) is 76.8 cm³/mol. The van der Waals surface area contributed by atoms with E-state index in [1.54, 1.807) is 18.2 Å². The van der Waals surface area contributed by atoms with Crippen LogP contribution in [0.15, 0.2) is 40.9 Å². The molecule has 0 aliphatic heterocycles. The van der Waals surface area contributed by atoms with Gasteiger partial charge in [0.25, 0.3) is 0 Å². The number of hydrogen-bond acceptors (Lipinski definition) is 2. The van der Waals surface area contributed by atoms with Crippen molar-refractivity contribution in [2.45, 2.75) is 6.61 Å². The number of aromatic carboxylic acids is 1. The molecule has 0 amide bonds. The van der Waals surface area contributed by atoms with E-state index in [-0.39, 0.29) is 22.9 Å². The first-order valence-corrected chi connectivity index (χ1v) is 6.74. The Morgan fingerprint density at radius 3 is 2.70 bits per heavy atom. The highest BCUT2D eigenvalue weighted by Gasteiger charge is 2.12. The molecule has 0 saturated heterocycles. The van der Waals surface area contributed by atoms with Gasteiger partial charge >= 0.3 is 5.97 Å². The van der Waals surface area contributed by atoms with Crippen LogP contribution in [0.4, 0.5) is 4.39 Å². The van der Waals surface area contributed by atoms with E-state index in [1.807, 2.05) is 0 Å². The molecule has 0 heterocycles. The van der Waals surface area contributed by atoms with Gasteiger partial charge in [-0.05, 0) is 35.9 Å². The molecule has 6 heteroatoms. The molecular weight excluding hydrogens is 351 g/mol. The van der Waals surface area contributed by atoms with E-state index in [1.165, 1.54) is 18.2 Å². The number of carboxylic acid groups (broad SMARTS) is 1. The topological polar surface area (TPSA) is 46.5 Å². The van der Waals surface area contributed by atoms with Crippen molar-refractivity contribution in [1.29, 1.82) is 0 Å². The summed E-state index contributed by atoms with van der Waals surface area (Å²) in [6, 6.07) is 8.95. The van der Waals surface area contributed by atoms with Crippen LogP contribution in [0.1, 0.15) is 15.9 Å². The van der Waals surface area contributed by atoms with Gasteiger partial charge in [0.15, 0.2) is 0 Å². The molecule has 0 aliphatic carbocycles. The highest BCUT2D eigenvalue weighted by molar-refractivity contribution is 9.10. The summed E-state index contributed by atoms with van der Waals surface area (Å²) in [5, 5.41) is 9.12. The first kappa shape index (κ1) is 14.8. The average molecular weight is 360 g/mol. The Bertz CT molecular complexity index is 661. The highest BCUT2D eigenvalue weighted by Crippen LogP contribution is 2.24. The molecular formula is C14H9BrClFO3. The van der Waals surface area contributed by atoms with Gasteiger partial charge in [-0.2, -0.15) is 0 Å². The van der Waals surface area contributed by atoms with Crippen LogP contribution in [-0.4, -0.2) is 11.1 Å². The van der Waals surface area contributed by atoms with Crippen molar-refractivity contribution in [3.05, 3.63) is 62.8 Å². The second-order valence-corrected chi connectivity index (χ2v) is 5.31. The van der Waals surface area contributed by atoms with Gasteiger partial charge in [-0.3, -0.25) is 0 Å². The monoisotopic (exact) mass is 358 g/mol. The minimum atomic E-state index is -1.09. The van der Waals surface area contributed by atoms with Crippen molar-refractivity contribution < 1.29 is 19.0 Å². The molecule has 0 bridgehead atoms. The molecule has 0 atom stereocenters. The quantitative estimate of drug-likeness (QED) is 0.873. The number of ether oxygens (including phenoxy) is 1. The molecule has 0 saturated carbocycles. The molecule has 0 fully saturated rings. The second-order valence-electron chi connectivity index (χ2n) is 3.98. The molecule has 1 N–H and O–H groups in total. The Kier molecular flexibility index (Phi) is 4.62.